The van der Waals surface area contributed by atoms with Crippen molar-refractivity contribution in [2.24, 2.45) is 0 Å². The summed E-state index contributed by atoms with van der Waals surface area (Å²) in [6.45, 7) is 28.4. The summed E-state index contributed by atoms with van der Waals surface area (Å²) < 4.78 is 53.8. The van der Waals surface area contributed by atoms with Gasteiger partial charge in [-0.1, -0.05) is 86.0 Å². The SMILES string of the molecule is C.C.C.C=C(C)C(=O)OCCO.C=C(C)C(=O)OCCO.C=C(C)C(=O)OCCO.C=C(C)C(=O)OCCOC(=O)/C=C\C(=O)O.C=C(C)C(=O)OCCOC(=O)CCC(=O)O.C=C(C)C(=O)OCCOC(=O)c1ccccc1C(=O)O.O=C1C=CC(=O)O1.O=C1CCC(=O)O1.O=C1OC(=O)c2ccccc21. The fourth-order valence-corrected chi connectivity index (χ4v) is 5.15. The molecule has 107 heavy (non-hydrogen) atoms. The highest BCUT2D eigenvalue weighted by Gasteiger charge is 2.28. The summed E-state index contributed by atoms with van der Waals surface area (Å²) in [5, 5.41) is 50.0. The number of aromatic carboxylic acids is 1. The van der Waals surface area contributed by atoms with Crippen LogP contribution in [0.15, 0.2) is 146 Å². The Kier molecular flexibility index (Phi) is 64.6. The van der Waals surface area contributed by atoms with Gasteiger partial charge in [0.05, 0.1) is 67.8 Å². The second-order valence-electron chi connectivity index (χ2n) is 19.3. The molecule has 2 aromatic carbocycles. The molecule has 5 rings (SSSR count). The van der Waals surface area contributed by atoms with E-state index in [2.05, 4.69) is 86.8 Å². The van der Waals surface area contributed by atoms with Crippen molar-refractivity contribution in [1.29, 1.82) is 0 Å². The van der Waals surface area contributed by atoms with Crippen LogP contribution in [0.25, 0.3) is 0 Å². The molecule has 3 aliphatic heterocycles. The van der Waals surface area contributed by atoms with E-state index >= 15 is 0 Å². The van der Waals surface area contributed by atoms with Gasteiger partial charge in [-0.15, -0.1) is 0 Å². The molecule has 2 aromatic rings. The van der Waals surface area contributed by atoms with Crippen LogP contribution in [0.1, 0.15) is 131 Å². The van der Waals surface area contributed by atoms with Gasteiger partial charge < -0.3 is 87.5 Å². The minimum absolute atomic E-state index is 0. The monoisotopic (exact) mass is 1520 g/mol. The van der Waals surface area contributed by atoms with E-state index in [0.717, 1.165) is 18.2 Å². The third-order valence-electron chi connectivity index (χ3n) is 9.91. The summed E-state index contributed by atoms with van der Waals surface area (Å²) in [5.74, 6) is -11.9. The molecule has 3 aliphatic rings. The van der Waals surface area contributed by atoms with E-state index in [-0.39, 0.29) is 155 Å². The fourth-order valence-electron chi connectivity index (χ4n) is 5.15. The van der Waals surface area contributed by atoms with Gasteiger partial charge in [0.15, 0.2) is 0 Å². The van der Waals surface area contributed by atoms with E-state index in [9.17, 15) is 86.3 Å². The molecule has 0 atom stereocenters. The molecule has 0 amide bonds. The highest BCUT2D eigenvalue weighted by Crippen LogP contribution is 2.18. The Morgan fingerprint density at radius 3 is 0.981 bits per heavy atom. The standard InChI is InChI=1S/C14H14O6.C10H14O6.C10H12O6.C8H4O3.3C6H10O3.C4H4O3.C4H2O3.3CH4/c1-9(2)13(17)19-7-8-20-14(18)11-6-4-3-5-10(11)12(15)16;2*1-7(2)10(14)16-6-5-15-9(13)4-3-8(11)12;9-7-5-3-1-2-4-6(5)8(10)11-7;3*1-5(2)6(8)9-4-3-7;2*5-3-1-2-4(6)7-3;;;/h3-6H,1,7-8H2,2H3,(H,15,16);1,3-6H2,2H3,(H,11,12);3-4H,1,5-6H2,2H3,(H,11,12);1-4H;3*7H,1,3-4H2,2H3;1-2H2;1-2H;3*1H4/b;;4-3-;;;;;;;;;. The quantitative estimate of drug-likeness (QED) is 0.0211. The molecule has 1 saturated heterocycles. The van der Waals surface area contributed by atoms with E-state index in [0.29, 0.717) is 33.9 Å². The van der Waals surface area contributed by atoms with Crippen LogP contribution in [-0.4, -0.2) is 217 Å². The highest BCUT2D eigenvalue weighted by molar-refractivity contribution is 6.14. The van der Waals surface area contributed by atoms with E-state index in [1.165, 1.54) is 45.0 Å². The first kappa shape index (κ1) is 108. The minimum atomic E-state index is -1.24. The van der Waals surface area contributed by atoms with Gasteiger partial charge in [0.1, 0.15) is 59.5 Å². The third kappa shape index (κ3) is 59.5. The number of benzene rings is 2. The summed E-state index contributed by atoms with van der Waals surface area (Å²) in [4.78, 5) is 190. The van der Waals surface area contributed by atoms with Gasteiger partial charge in [-0.25, -0.2) is 67.1 Å². The van der Waals surface area contributed by atoms with Gasteiger partial charge in [-0.05, 0) is 65.8 Å². The van der Waals surface area contributed by atoms with Crippen molar-refractivity contribution < 1.29 is 174 Å². The first-order valence-corrected chi connectivity index (χ1v) is 29.5. The Labute approximate surface area is 616 Å². The van der Waals surface area contributed by atoms with Gasteiger partial charge in [-0.2, -0.15) is 0 Å². The topological polar surface area (TPSA) is 539 Å². The Balaban J connectivity index is -0.000000214. The number of hydrogen-bond acceptors (Lipinski definition) is 33. The van der Waals surface area contributed by atoms with Crippen molar-refractivity contribution in [2.45, 2.75) is 89.5 Å². The maximum Gasteiger partial charge on any atom is 0.346 e. The second kappa shape index (κ2) is 64.2. The molecular formula is C71H92O36. The van der Waals surface area contributed by atoms with E-state index in [1.54, 1.807) is 45.0 Å². The number of carbonyl (C=O) groups is 18. The molecule has 0 aliphatic carbocycles. The zero-order chi connectivity index (χ0) is 80.5. The number of aliphatic hydroxyl groups is 3. The maximum absolute atomic E-state index is 11.7. The number of rotatable bonds is 28. The lowest BCUT2D eigenvalue weighted by molar-refractivity contribution is -0.153. The van der Waals surface area contributed by atoms with Crippen LogP contribution in [0.4, 0.5) is 0 Å². The van der Waals surface area contributed by atoms with Crippen molar-refractivity contribution in [3.8, 4) is 0 Å². The Bertz CT molecular complexity index is 3350. The highest BCUT2D eigenvalue weighted by atomic mass is 16.6. The molecular weight excluding hydrogens is 1430 g/mol. The van der Waals surface area contributed by atoms with Gasteiger partial charge in [0.2, 0.25) is 0 Å². The molecule has 0 radical (unpaired) electrons. The number of carboxylic acid groups (broad SMARTS) is 3. The van der Waals surface area contributed by atoms with Gasteiger partial charge in [-0.3, -0.25) is 19.2 Å². The van der Waals surface area contributed by atoms with E-state index in [1.807, 2.05) is 0 Å². The summed E-state index contributed by atoms with van der Waals surface area (Å²) in [5.41, 5.74) is 2.33. The molecule has 36 nitrogen and oxygen atoms in total. The number of fused-ring (bicyclic) bond motifs is 1. The number of aliphatic hydroxyl groups excluding tert-OH is 3. The molecule has 3 heterocycles. The molecule has 0 aromatic heterocycles. The normalized spacial score (nSPS) is 10.8. The summed E-state index contributed by atoms with van der Waals surface area (Å²) in [7, 11) is 0. The number of aliphatic carboxylic acids is 2. The zero-order valence-electron chi connectivity index (χ0n) is 57.4. The minimum Gasteiger partial charge on any atom is -0.481 e. The third-order valence-corrected chi connectivity index (χ3v) is 9.91. The fraction of sp³-hybridized carbons (Fsp3) is 0.352. The molecule has 1 fully saturated rings. The zero-order valence-corrected chi connectivity index (χ0v) is 57.4. The Morgan fingerprint density at radius 1 is 0.393 bits per heavy atom. The smallest absolute Gasteiger partial charge is 0.346 e. The average Bonchev–Trinajstić information content (AvgIpc) is 1.64. The lowest BCUT2D eigenvalue weighted by Crippen LogP contribution is -2.16. The largest absolute Gasteiger partial charge is 0.481 e. The number of ether oxygens (including phenoxy) is 12. The number of hydrogen-bond donors (Lipinski definition) is 6. The van der Waals surface area contributed by atoms with Crippen molar-refractivity contribution in [2.75, 3.05) is 79.3 Å². The number of carboxylic acids is 3. The first-order chi connectivity index (χ1) is 48.7. The van der Waals surface area contributed by atoms with E-state index in [4.69, 9.17) is 40.1 Å². The van der Waals surface area contributed by atoms with Gasteiger partial charge in [0, 0.05) is 57.7 Å². The molecule has 6 N–H and O–H groups in total. The molecule has 0 saturated carbocycles. The lowest BCUT2D eigenvalue weighted by atomic mass is 10.1. The van der Waals surface area contributed by atoms with E-state index < -0.39 is 107 Å². The summed E-state index contributed by atoms with van der Waals surface area (Å²) in [6, 6.07) is 12.2. The average molecular weight is 1520 g/mol. The van der Waals surface area contributed by atoms with Crippen molar-refractivity contribution in [3.05, 3.63) is 168 Å². The number of esters is 15. The van der Waals surface area contributed by atoms with Crippen LogP contribution < -0.4 is 0 Å². The summed E-state index contributed by atoms with van der Waals surface area (Å²) in [6.07, 6.45) is 3.65. The molecule has 0 bridgehead atoms. The van der Waals surface area contributed by atoms with Crippen LogP contribution >= 0.6 is 0 Å². The van der Waals surface area contributed by atoms with Crippen molar-refractivity contribution in [3.63, 3.8) is 0 Å². The summed E-state index contributed by atoms with van der Waals surface area (Å²) >= 11 is 0. The van der Waals surface area contributed by atoms with Gasteiger partial charge >= 0.3 is 107 Å². The van der Waals surface area contributed by atoms with Crippen LogP contribution in [0, 0.1) is 0 Å². The van der Waals surface area contributed by atoms with Crippen LogP contribution in [0.3, 0.4) is 0 Å². The number of cyclic esters (lactones) is 6. The van der Waals surface area contributed by atoms with Crippen LogP contribution in [0.2, 0.25) is 0 Å². The lowest BCUT2D eigenvalue weighted by Gasteiger charge is -2.07. The number of carbonyl (C=O) groups excluding carboxylic acids is 15. The van der Waals surface area contributed by atoms with Crippen molar-refractivity contribution >= 4 is 107 Å². The predicted octanol–water partition coefficient (Wildman–Crippen LogP) is 5.14. The molecule has 0 unspecified atom stereocenters. The molecule has 36 heteroatoms. The second-order valence-corrected chi connectivity index (χ2v) is 19.3. The predicted molar refractivity (Wildman–Crippen MR) is 372 cm³/mol. The van der Waals surface area contributed by atoms with Crippen LogP contribution in [0.5, 0.6) is 0 Å². The Hall–Kier alpha value is -12.7. The maximum atomic E-state index is 11.7. The Morgan fingerprint density at radius 2 is 0.701 bits per heavy atom. The molecule has 0 spiro atoms. The first-order valence-electron chi connectivity index (χ1n) is 29.5. The van der Waals surface area contributed by atoms with Crippen molar-refractivity contribution in [1.82, 2.24) is 0 Å². The van der Waals surface area contributed by atoms with Gasteiger partial charge in [0.25, 0.3) is 0 Å². The van der Waals surface area contributed by atoms with Crippen LogP contribution in [-0.2, 0) is 124 Å². The molecule has 592 valence electrons.